The van der Waals surface area contributed by atoms with Gasteiger partial charge >= 0.3 is 17.9 Å². The molecule has 14 nitrogen and oxygen atoms in total. The van der Waals surface area contributed by atoms with Crippen LogP contribution in [0.2, 0.25) is 0 Å². The van der Waals surface area contributed by atoms with E-state index in [0.717, 1.165) is 17.2 Å². The van der Waals surface area contributed by atoms with Gasteiger partial charge < -0.3 is 29.2 Å². The molecule has 2 atom stereocenters. The van der Waals surface area contributed by atoms with E-state index in [-0.39, 0.29) is 56.5 Å². The Hall–Kier alpha value is -5.77. The quantitative estimate of drug-likeness (QED) is 0.0477. The Morgan fingerprint density at radius 1 is 0.793 bits per heavy atom. The van der Waals surface area contributed by atoms with Gasteiger partial charge in [-0.3, -0.25) is 19.7 Å². The predicted octanol–water partition coefficient (Wildman–Crippen LogP) is 5.61. The van der Waals surface area contributed by atoms with Gasteiger partial charge in [0.1, 0.15) is 29.8 Å². The van der Waals surface area contributed by atoms with E-state index >= 15 is 0 Å². The van der Waals surface area contributed by atoms with E-state index in [4.69, 9.17) is 24.1 Å². The Morgan fingerprint density at radius 3 is 2.03 bits per heavy atom. The van der Waals surface area contributed by atoms with Gasteiger partial charge in [0.05, 0.1) is 30.5 Å². The van der Waals surface area contributed by atoms with Gasteiger partial charge in [0, 0.05) is 13.1 Å². The lowest BCUT2D eigenvalue weighted by Gasteiger charge is -2.28. The van der Waals surface area contributed by atoms with Crippen molar-refractivity contribution in [3.63, 3.8) is 0 Å². The molecule has 0 saturated carbocycles. The molecule has 15 heteroatoms. The number of nitrogens with two attached hydrogens (primary N) is 1. The molecule has 0 spiro atoms. The summed E-state index contributed by atoms with van der Waals surface area (Å²) in [6.45, 7) is 5.28. The molecule has 4 aromatic rings. The zero-order chi connectivity index (χ0) is 41.9. The minimum atomic E-state index is -4.38. The van der Waals surface area contributed by atoms with Crippen molar-refractivity contribution in [3.8, 4) is 11.5 Å². The van der Waals surface area contributed by atoms with E-state index in [9.17, 15) is 27.6 Å². The Morgan fingerprint density at radius 2 is 1.41 bits per heavy atom. The molecule has 310 valence electrons. The molecule has 1 amide bonds. The predicted molar refractivity (Wildman–Crippen MR) is 219 cm³/mol. The monoisotopic (exact) mass is 816 g/mol. The molecule has 0 unspecified atom stereocenters. The first-order chi connectivity index (χ1) is 27.9. The van der Waals surface area contributed by atoms with E-state index in [1.54, 1.807) is 51.1 Å². The number of hydrogen-bond donors (Lipinski definition) is 3. The minimum absolute atomic E-state index is 0.0304. The third kappa shape index (κ3) is 14.3. The number of esters is 3. The smallest absolute Gasteiger partial charge is 0.338 e. The van der Waals surface area contributed by atoms with Crippen molar-refractivity contribution in [2.45, 2.75) is 70.0 Å². The highest BCUT2D eigenvalue weighted by Gasteiger charge is 2.29. The Balaban J connectivity index is 1.50. The van der Waals surface area contributed by atoms with E-state index < -0.39 is 50.8 Å². The average Bonchev–Trinajstić information content (AvgIpc) is 3.21. The van der Waals surface area contributed by atoms with Crippen LogP contribution in [0.4, 0.5) is 5.69 Å². The van der Waals surface area contributed by atoms with E-state index in [1.165, 1.54) is 11.0 Å². The Bertz CT molecular complexity index is 2050. The number of primary sulfonamides is 1. The number of ether oxygens (including phenoxy) is 4. The summed E-state index contributed by atoms with van der Waals surface area (Å²) in [5, 5.41) is 11.9. The van der Waals surface area contributed by atoms with Gasteiger partial charge in [-0.15, -0.1) is 0 Å². The first kappa shape index (κ1) is 44.9. The lowest BCUT2D eigenvalue weighted by molar-refractivity contribution is -0.152. The first-order valence-electron chi connectivity index (χ1n) is 19.2. The molecule has 0 radical (unpaired) electrons. The molecule has 0 aromatic heterocycles. The third-order valence-corrected chi connectivity index (χ3v) is 9.75. The van der Waals surface area contributed by atoms with Crippen molar-refractivity contribution in [1.29, 1.82) is 0 Å². The zero-order valence-electron chi connectivity index (χ0n) is 33.1. The summed E-state index contributed by atoms with van der Waals surface area (Å²) in [6, 6.07) is 28.2. The summed E-state index contributed by atoms with van der Waals surface area (Å²) >= 11 is 0. The van der Waals surface area contributed by atoms with Crippen LogP contribution < -0.4 is 20.5 Å². The van der Waals surface area contributed by atoms with Crippen LogP contribution in [0.15, 0.2) is 108 Å². The number of amides is 1. The molecule has 4 rings (SSSR count). The van der Waals surface area contributed by atoms with Crippen LogP contribution in [0.25, 0.3) is 0 Å². The first-order valence-corrected chi connectivity index (χ1v) is 20.7. The molecule has 0 aliphatic rings. The Labute approximate surface area is 340 Å². The fraction of sp³-hybridized carbons (Fsp3) is 0.349. The average molecular weight is 817 g/mol. The lowest BCUT2D eigenvalue weighted by Crippen LogP contribution is -2.52. The number of carbonyl (C=O) groups excluding carboxylic acids is 4. The van der Waals surface area contributed by atoms with Gasteiger partial charge in [0.2, 0.25) is 15.9 Å². The number of sulfonamides is 1. The SMILES string of the molecule is CCOC(=O)c1cc(NCCCCN(CC(=O)OCc2ccccc2)C(=O)[C@H](C)N[C@@H](CCc2ccccc2)C(=O)OCC)c(Oc2ccccc2)c(S(N)(=O)=O)c1. The summed E-state index contributed by atoms with van der Waals surface area (Å²) in [5.74, 6) is -2.03. The number of aryl methyl sites for hydroxylation is 1. The summed E-state index contributed by atoms with van der Waals surface area (Å²) in [7, 11) is -4.38. The maximum absolute atomic E-state index is 14.0. The van der Waals surface area contributed by atoms with Crippen LogP contribution in [0.3, 0.4) is 0 Å². The molecule has 0 bridgehead atoms. The van der Waals surface area contributed by atoms with E-state index in [0.29, 0.717) is 31.4 Å². The number of anilines is 1. The second kappa shape index (κ2) is 22.8. The van der Waals surface area contributed by atoms with Crippen LogP contribution in [-0.4, -0.2) is 82.1 Å². The van der Waals surface area contributed by atoms with Crippen LogP contribution in [0, 0.1) is 0 Å². The molecule has 58 heavy (non-hydrogen) atoms. The van der Waals surface area contributed by atoms with Gasteiger partial charge in [0.15, 0.2) is 5.75 Å². The maximum Gasteiger partial charge on any atom is 0.338 e. The van der Waals surface area contributed by atoms with Crippen molar-refractivity contribution in [1.82, 2.24) is 10.2 Å². The summed E-state index contributed by atoms with van der Waals surface area (Å²) < 4.78 is 47.5. The number of carbonyl (C=O) groups is 4. The second-order valence-corrected chi connectivity index (χ2v) is 14.8. The molecule has 0 heterocycles. The Kier molecular flexibility index (Phi) is 17.7. The highest BCUT2D eigenvalue weighted by atomic mass is 32.2. The fourth-order valence-electron chi connectivity index (χ4n) is 5.96. The van der Waals surface area contributed by atoms with E-state index in [1.807, 2.05) is 60.7 Å². The molecular formula is C43H52N4O10S. The van der Waals surface area contributed by atoms with Gasteiger partial charge in [-0.2, -0.15) is 0 Å². The van der Waals surface area contributed by atoms with Crippen LogP contribution in [0.1, 0.15) is 61.5 Å². The van der Waals surface area contributed by atoms with Crippen molar-refractivity contribution >= 4 is 39.5 Å². The molecule has 4 aromatic carbocycles. The van der Waals surface area contributed by atoms with Crippen LogP contribution in [0.5, 0.6) is 11.5 Å². The summed E-state index contributed by atoms with van der Waals surface area (Å²) in [4.78, 5) is 53.8. The largest absolute Gasteiger partial charge is 0.465 e. The molecule has 4 N–H and O–H groups in total. The number of nitrogens with zero attached hydrogens (tertiary/aromatic N) is 1. The number of nitrogens with one attached hydrogen (secondary N) is 2. The van der Waals surface area contributed by atoms with Crippen LogP contribution in [-0.2, 0) is 51.6 Å². The topological polar surface area (TPSA) is 193 Å². The highest BCUT2D eigenvalue weighted by Crippen LogP contribution is 2.37. The van der Waals surface area contributed by atoms with Gasteiger partial charge in [-0.05, 0) is 81.8 Å². The van der Waals surface area contributed by atoms with Crippen molar-refractivity contribution in [3.05, 3.63) is 120 Å². The number of para-hydroxylation sites is 1. The van der Waals surface area contributed by atoms with Crippen molar-refractivity contribution in [2.24, 2.45) is 5.14 Å². The molecule has 0 saturated heterocycles. The fourth-order valence-corrected chi connectivity index (χ4v) is 6.66. The number of rotatable bonds is 23. The molecule has 0 aliphatic carbocycles. The van der Waals surface area contributed by atoms with E-state index in [2.05, 4.69) is 10.6 Å². The molecule has 0 fully saturated rings. The van der Waals surface area contributed by atoms with Gasteiger partial charge in [0.25, 0.3) is 0 Å². The minimum Gasteiger partial charge on any atom is -0.465 e. The molecular weight excluding hydrogens is 765 g/mol. The van der Waals surface area contributed by atoms with Crippen LogP contribution >= 0.6 is 0 Å². The van der Waals surface area contributed by atoms with Gasteiger partial charge in [-0.25, -0.2) is 18.4 Å². The number of unbranched alkanes of at least 4 members (excludes halogenated alkanes) is 1. The highest BCUT2D eigenvalue weighted by molar-refractivity contribution is 7.89. The summed E-state index contributed by atoms with van der Waals surface area (Å²) in [6.07, 6.45) is 1.76. The standard InChI is InChI=1S/C43H52N4O10S/c1-4-54-42(50)34-27-37(40(38(28-34)58(44,52)53)57-35-21-13-8-14-22-35)45-25-15-16-26-47(29-39(48)56-30-33-19-11-7-12-20-33)41(49)31(3)46-36(43(51)55-5-2)24-23-32-17-9-6-10-18-32/h6-14,17-22,27-28,31,36,45-46H,4-5,15-16,23-26,29-30H2,1-3H3,(H2,44,52,53)/t31-,36-/m0/s1. The number of hydrogen-bond acceptors (Lipinski definition) is 12. The maximum atomic E-state index is 14.0. The van der Waals surface area contributed by atoms with Crippen molar-refractivity contribution in [2.75, 3.05) is 38.2 Å². The zero-order valence-corrected chi connectivity index (χ0v) is 33.9. The second-order valence-electron chi connectivity index (χ2n) is 13.3. The third-order valence-electron chi connectivity index (χ3n) is 8.84. The van der Waals surface area contributed by atoms with Gasteiger partial charge in [-0.1, -0.05) is 78.9 Å². The normalized spacial score (nSPS) is 12.1. The summed E-state index contributed by atoms with van der Waals surface area (Å²) in [5.41, 5.74) is 1.94. The molecule has 0 aliphatic heterocycles. The van der Waals surface area contributed by atoms with Crippen molar-refractivity contribution < 1.29 is 46.5 Å². The number of benzene rings is 4. The lowest BCUT2D eigenvalue weighted by atomic mass is 10.0.